The molecular weight excluding hydrogens is 254 g/mol. The SMILES string of the molecule is [2H]C([2H])([2H])OC(=O)Cc1cc2ccccc2n1-c1ncccn1. The van der Waals surface area contributed by atoms with E-state index in [0.29, 0.717) is 11.6 Å². The maximum Gasteiger partial charge on any atom is 0.311 e. The summed E-state index contributed by atoms with van der Waals surface area (Å²) < 4.78 is 27.2. The van der Waals surface area contributed by atoms with Crippen LogP contribution in [0.4, 0.5) is 0 Å². The minimum absolute atomic E-state index is 0.189. The fourth-order valence-electron chi connectivity index (χ4n) is 2.17. The van der Waals surface area contributed by atoms with Gasteiger partial charge in [-0.2, -0.15) is 0 Å². The summed E-state index contributed by atoms with van der Waals surface area (Å²) in [5.41, 5.74) is 1.39. The van der Waals surface area contributed by atoms with Crippen LogP contribution in [0.1, 0.15) is 9.81 Å². The van der Waals surface area contributed by atoms with E-state index in [4.69, 9.17) is 4.11 Å². The van der Waals surface area contributed by atoms with Crippen molar-refractivity contribution in [3.8, 4) is 5.95 Å². The molecule has 5 heteroatoms. The normalized spacial score (nSPS) is 13.5. The zero-order valence-electron chi connectivity index (χ0n) is 13.5. The van der Waals surface area contributed by atoms with Gasteiger partial charge in [-0.15, -0.1) is 0 Å². The summed E-state index contributed by atoms with van der Waals surface area (Å²) in [7, 11) is -2.75. The highest BCUT2D eigenvalue weighted by atomic mass is 16.5. The van der Waals surface area contributed by atoms with Gasteiger partial charge in [0.15, 0.2) is 0 Å². The van der Waals surface area contributed by atoms with Crippen molar-refractivity contribution in [2.45, 2.75) is 6.42 Å². The Balaban J connectivity index is 2.05. The molecule has 0 amide bonds. The predicted molar refractivity (Wildman–Crippen MR) is 74.6 cm³/mol. The first kappa shape index (κ1) is 9.25. The molecule has 1 aromatic carbocycles. The van der Waals surface area contributed by atoms with Gasteiger partial charge in [0, 0.05) is 23.5 Å². The molecule has 0 spiro atoms. The van der Waals surface area contributed by atoms with E-state index in [-0.39, 0.29) is 6.42 Å². The zero-order valence-corrected chi connectivity index (χ0v) is 10.5. The number of para-hydroxylation sites is 1. The van der Waals surface area contributed by atoms with Crippen molar-refractivity contribution in [1.29, 1.82) is 0 Å². The van der Waals surface area contributed by atoms with Gasteiger partial charge in [-0.3, -0.25) is 9.36 Å². The molecule has 0 aliphatic rings. The first-order chi connectivity index (χ1) is 10.9. The van der Waals surface area contributed by atoms with E-state index in [1.165, 1.54) is 0 Å². The van der Waals surface area contributed by atoms with Crippen molar-refractivity contribution in [2.75, 3.05) is 7.04 Å². The minimum atomic E-state index is -2.75. The second-order valence-corrected chi connectivity index (χ2v) is 4.23. The van der Waals surface area contributed by atoms with Crippen LogP contribution in [0.25, 0.3) is 16.9 Å². The number of esters is 1. The highest BCUT2D eigenvalue weighted by Crippen LogP contribution is 2.23. The maximum absolute atomic E-state index is 11.9. The van der Waals surface area contributed by atoms with Gasteiger partial charge in [-0.25, -0.2) is 9.97 Å². The van der Waals surface area contributed by atoms with Crippen molar-refractivity contribution >= 4 is 16.9 Å². The quantitative estimate of drug-likeness (QED) is 0.684. The van der Waals surface area contributed by atoms with E-state index in [1.807, 2.05) is 24.3 Å². The van der Waals surface area contributed by atoms with Crippen molar-refractivity contribution in [2.24, 2.45) is 0 Å². The number of benzene rings is 1. The molecule has 0 aliphatic carbocycles. The molecule has 0 N–H and O–H groups in total. The standard InChI is InChI=1S/C15H13N3O2/c1-20-14(19)10-12-9-11-5-2-3-6-13(11)18(12)15-16-7-4-8-17-15/h2-9H,10H2,1H3/i1D3. The lowest BCUT2D eigenvalue weighted by Crippen LogP contribution is -2.10. The smallest absolute Gasteiger partial charge is 0.311 e. The molecule has 0 saturated carbocycles. The Hall–Kier alpha value is -2.69. The number of nitrogens with zero attached hydrogens (tertiary/aromatic N) is 3. The van der Waals surface area contributed by atoms with Crippen molar-refractivity contribution in [1.82, 2.24) is 14.5 Å². The van der Waals surface area contributed by atoms with E-state index in [9.17, 15) is 4.79 Å². The van der Waals surface area contributed by atoms with E-state index >= 15 is 0 Å². The van der Waals surface area contributed by atoms with Crippen molar-refractivity contribution in [3.05, 3.63) is 54.5 Å². The number of ether oxygens (including phenoxy) is 1. The molecule has 0 atom stereocenters. The Morgan fingerprint density at radius 1 is 1.30 bits per heavy atom. The van der Waals surface area contributed by atoms with Crippen LogP contribution >= 0.6 is 0 Å². The molecule has 0 radical (unpaired) electrons. The van der Waals surface area contributed by atoms with Gasteiger partial charge in [0.05, 0.1) is 23.1 Å². The summed E-state index contributed by atoms with van der Waals surface area (Å²) in [5, 5.41) is 0.900. The molecule has 0 unspecified atom stereocenters. The summed E-state index contributed by atoms with van der Waals surface area (Å²) in [4.78, 5) is 20.3. The lowest BCUT2D eigenvalue weighted by molar-refractivity contribution is -0.139. The van der Waals surface area contributed by atoms with Crippen molar-refractivity contribution < 1.29 is 13.6 Å². The zero-order chi connectivity index (χ0) is 16.4. The summed E-state index contributed by atoms with van der Waals surface area (Å²) in [6.45, 7) is 0. The molecular formula is C15H13N3O2. The maximum atomic E-state index is 11.9. The number of rotatable bonds is 3. The summed E-state index contributed by atoms with van der Waals surface area (Å²) in [6.07, 6.45) is 3.01. The van der Waals surface area contributed by atoms with Crippen LogP contribution < -0.4 is 0 Å². The molecule has 3 aromatic rings. The molecule has 5 nitrogen and oxygen atoms in total. The first-order valence-electron chi connectivity index (χ1n) is 7.53. The fraction of sp³-hybridized carbons (Fsp3) is 0.133. The molecule has 0 fully saturated rings. The minimum Gasteiger partial charge on any atom is -0.469 e. The number of hydrogen-bond donors (Lipinski definition) is 0. The van der Waals surface area contributed by atoms with E-state index < -0.39 is 13.0 Å². The third-order valence-corrected chi connectivity index (χ3v) is 2.98. The Kier molecular flexibility index (Phi) is 2.37. The Labute approximate surface area is 120 Å². The molecule has 2 heterocycles. The topological polar surface area (TPSA) is 57.0 Å². The third kappa shape index (κ3) is 2.14. The van der Waals surface area contributed by atoms with Crippen LogP contribution in [0.3, 0.4) is 0 Å². The largest absolute Gasteiger partial charge is 0.469 e. The lowest BCUT2D eigenvalue weighted by atomic mass is 10.2. The van der Waals surface area contributed by atoms with Gasteiger partial charge in [-0.05, 0) is 18.2 Å². The van der Waals surface area contributed by atoms with Gasteiger partial charge in [0.25, 0.3) is 0 Å². The number of carbonyl (C=O) groups is 1. The number of carbonyl (C=O) groups excluding carboxylic acids is 1. The number of aromatic nitrogens is 3. The molecule has 0 saturated heterocycles. The fourth-order valence-corrected chi connectivity index (χ4v) is 2.17. The molecule has 0 bridgehead atoms. The van der Waals surface area contributed by atoms with Gasteiger partial charge in [0.2, 0.25) is 5.95 Å². The van der Waals surface area contributed by atoms with Gasteiger partial charge < -0.3 is 4.74 Å². The average Bonchev–Trinajstić information content (AvgIpc) is 2.83. The highest BCUT2D eigenvalue weighted by Gasteiger charge is 2.15. The molecule has 20 heavy (non-hydrogen) atoms. The Morgan fingerprint density at radius 2 is 2.10 bits per heavy atom. The van der Waals surface area contributed by atoms with Crippen LogP contribution in [0.2, 0.25) is 0 Å². The monoisotopic (exact) mass is 270 g/mol. The van der Waals surface area contributed by atoms with Crippen LogP contribution in [-0.2, 0) is 16.0 Å². The van der Waals surface area contributed by atoms with Crippen LogP contribution in [-0.4, -0.2) is 27.5 Å². The number of fused-ring (bicyclic) bond motifs is 1. The third-order valence-electron chi connectivity index (χ3n) is 2.98. The highest BCUT2D eigenvalue weighted by molar-refractivity contribution is 5.84. The van der Waals surface area contributed by atoms with E-state index in [1.54, 1.807) is 29.1 Å². The number of methoxy groups -OCH3 is 1. The average molecular weight is 270 g/mol. The van der Waals surface area contributed by atoms with Gasteiger partial charge in [0.1, 0.15) is 0 Å². The second kappa shape index (κ2) is 5.13. The summed E-state index contributed by atoms with van der Waals surface area (Å²) >= 11 is 0. The predicted octanol–water partition coefficient (Wildman–Crippen LogP) is 2.14. The van der Waals surface area contributed by atoms with Crippen molar-refractivity contribution in [3.63, 3.8) is 0 Å². The Bertz CT molecular complexity index is 844. The lowest BCUT2D eigenvalue weighted by Gasteiger charge is -2.07. The first-order valence-corrected chi connectivity index (χ1v) is 6.03. The summed E-state index contributed by atoms with van der Waals surface area (Å²) in [5.74, 6) is -0.421. The molecule has 100 valence electrons. The van der Waals surface area contributed by atoms with Crippen LogP contribution in [0, 0.1) is 0 Å². The molecule has 0 aliphatic heterocycles. The van der Waals surface area contributed by atoms with E-state index in [2.05, 4.69) is 14.7 Å². The molecule has 2 aromatic heterocycles. The Morgan fingerprint density at radius 3 is 2.90 bits per heavy atom. The van der Waals surface area contributed by atoms with E-state index in [0.717, 1.165) is 10.9 Å². The van der Waals surface area contributed by atoms with Crippen LogP contribution in [0.15, 0.2) is 48.8 Å². The van der Waals surface area contributed by atoms with Crippen LogP contribution in [0.5, 0.6) is 0 Å². The number of hydrogen-bond acceptors (Lipinski definition) is 4. The summed E-state index contributed by atoms with van der Waals surface area (Å²) in [6, 6.07) is 11.0. The van der Waals surface area contributed by atoms with Gasteiger partial charge in [-0.1, -0.05) is 18.2 Å². The second-order valence-electron chi connectivity index (χ2n) is 4.23. The van der Waals surface area contributed by atoms with Gasteiger partial charge >= 0.3 is 5.97 Å². The molecule has 3 rings (SSSR count).